The van der Waals surface area contributed by atoms with Crippen LogP contribution in [0.2, 0.25) is 5.02 Å². The lowest BCUT2D eigenvalue weighted by atomic mass is 9.90. The van der Waals surface area contributed by atoms with E-state index in [1.807, 2.05) is 28.5 Å². The van der Waals surface area contributed by atoms with Gasteiger partial charge in [0.25, 0.3) is 5.91 Å². The number of aromatic nitrogens is 5. The van der Waals surface area contributed by atoms with E-state index in [4.69, 9.17) is 11.6 Å². The van der Waals surface area contributed by atoms with Crippen molar-refractivity contribution in [2.45, 2.75) is 44.8 Å². The average molecular weight is 413 g/mol. The lowest BCUT2D eigenvalue weighted by Crippen LogP contribution is -2.52. The predicted molar refractivity (Wildman–Crippen MR) is 104 cm³/mol. The molecule has 2 aliphatic heterocycles. The van der Waals surface area contributed by atoms with Crippen molar-refractivity contribution in [2.24, 2.45) is 0 Å². The third-order valence-electron chi connectivity index (χ3n) is 5.69. The van der Waals surface area contributed by atoms with Gasteiger partial charge >= 0.3 is 0 Å². The van der Waals surface area contributed by atoms with Crippen LogP contribution in [0.5, 0.6) is 0 Å². The molecule has 7 nitrogen and oxygen atoms in total. The fourth-order valence-electron chi connectivity index (χ4n) is 4.32. The van der Waals surface area contributed by atoms with Crippen molar-refractivity contribution in [2.75, 3.05) is 0 Å². The molecule has 0 saturated carbocycles. The molecule has 1 amide bonds. The van der Waals surface area contributed by atoms with Crippen LogP contribution in [-0.4, -0.2) is 41.6 Å². The topological polar surface area (TPSA) is 76.8 Å². The molecule has 9 heteroatoms. The third-order valence-corrected chi connectivity index (χ3v) is 6.19. The molecule has 0 spiro atoms. The van der Waals surface area contributed by atoms with Crippen LogP contribution in [0.4, 0.5) is 4.39 Å². The lowest BCUT2D eigenvalue weighted by Gasteiger charge is -2.45. The van der Waals surface area contributed by atoms with E-state index in [0.717, 1.165) is 37.2 Å². The van der Waals surface area contributed by atoms with Crippen LogP contribution < -0.4 is 0 Å². The Kier molecular flexibility index (Phi) is 4.31. The number of carbonyl (C=O) groups is 1. The molecule has 1 aromatic carbocycles. The van der Waals surface area contributed by atoms with E-state index >= 15 is 0 Å². The maximum Gasteiger partial charge on any atom is 0.256 e. The van der Waals surface area contributed by atoms with E-state index in [2.05, 4.69) is 20.2 Å². The van der Waals surface area contributed by atoms with E-state index in [0.29, 0.717) is 34.6 Å². The molecule has 1 saturated heterocycles. The normalized spacial score (nSPS) is 20.4. The molecule has 2 bridgehead atoms. The Balaban J connectivity index is 1.55. The largest absolute Gasteiger partial charge is 0.324 e. The second kappa shape index (κ2) is 6.88. The van der Waals surface area contributed by atoms with Crippen LogP contribution in [0, 0.1) is 12.7 Å². The Morgan fingerprint density at radius 3 is 2.79 bits per heavy atom. The summed E-state index contributed by atoms with van der Waals surface area (Å²) in [6.07, 6.45) is 4.92. The molecule has 0 aliphatic carbocycles. The number of benzene rings is 1. The van der Waals surface area contributed by atoms with Crippen LogP contribution in [0.25, 0.3) is 11.6 Å². The summed E-state index contributed by atoms with van der Waals surface area (Å²) in [5.74, 6) is 0.946. The molecule has 4 heterocycles. The van der Waals surface area contributed by atoms with Crippen LogP contribution >= 0.6 is 11.6 Å². The monoisotopic (exact) mass is 412 g/mol. The van der Waals surface area contributed by atoms with E-state index in [9.17, 15) is 9.18 Å². The van der Waals surface area contributed by atoms with E-state index in [1.165, 1.54) is 0 Å². The Morgan fingerprint density at radius 1 is 1.21 bits per heavy atom. The molecule has 3 aromatic rings. The van der Waals surface area contributed by atoms with Gasteiger partial charge in [-0.1, -0.05) is 23.7 Å². The van der Waals surface area contributed by atoms with Gasteiger partial charge in [-0.2, -0.15) is 0 Å². The number of carbonyl (C=O) groups excluding carboxylic acids is 1. The first-order valence-electron chi connectivity index (χ1n) is 9.53. The molecule has 1 fully saturated rings. The van der Waals surface area contributed by atoms with Gasteiger partial charge in [0.2, 0.25) is 5.82 Å². The summed E-state index contributed by atoms with van der Waals surface area (Å²) in [6, 6.07) is 5.32. The van der Waals surface area contributed by atoms with Gasteiger partial charge in [-0.25, -0.2) is 14.4 Å². The molecule has 0 unspecified atom stereocenters. The SMILES string of the molecule is Cc1cccc(C(=O)N2[C@@H]3CCC[C@H]2c2nnc(-c4ncc(F)cn4)n2C3)c1Cl. The van der Waals surface area contributed by atoms with E-state index < -0.39 is 5.82 Å². The standard InChI is InChI=1S/C20H18ClFN6O/c1-11-4-2-6-14(16(11)21)20(29)28-13-5-3-7-15(28)18-25-26-19(27(18)10-13)17-23-8-12(22)9-24-17/h2,4,6,8-9,13,15H,3,5,7,10H2,1H3/t13-,15+/m1/s1. The molecule has 5 rings (SSSR count). The zero-order valence-corrected chi connectivity index (χ0v) is 16.5. The average Bonchev–Trinajstić information content (AvgIpc) is 3.13. The van der Waals surface area contributed by atoms with Crippen molar-refractivity contribution in [1.29, 1.82) is 0 Å². The number of aryl methyl sites for hydroxylation is 1. The number of hydrogen-bond acceptors (Lipinski definition) is 5. The first-order valence-corrected chi connectivity index (χ1v) is 9.91. The van der Waals surface area contributed by atoms with Crippen molar-refractivity contribution in [1.82, 2.24) is 29.6 Å². The van der Waals surface area contributed by atoms with Gasteiger partial charge in [0, 0.05) is 6.54 Å². The Morgan fingerprint density at radius 2 is 2.00 bits per heavy atom. The summed E-state index contributed by atoms with van der Waals surface area (Å²) in [5, 5.41) is 9.10. The molecule has 29 heavy (non-hydrogen) atoms. The van der Waals surface area contributed by atoms with Crippen LogP contribution in [-0.2, 0) is 6.54 Å². The van der Waals surface area contributed by atoms with Gasteiger partial charge in [-0.15, -0.1) is 10.2 Å². The first-order chi connectivity index (χ1) is 14.0. The zero-order chi connectivity index (χ0) is 20.1. The van der Waals surface area contributed by atoms with Gasteiger partial charge in [0.05, 0.1) is 35.1 Å². The summed E-state index contributed by atoms with van der Waals surface area (Å²) >= 11 is 6.43. The van der Waals surface area contributed by atoms with Gasteiger partial charge in [-0.05, 0) is 37.8 Å². The number of fused-ring (bicyclic) bond motifs is 4. The number of hydrogen-bond donors (Lipinski definition) is 0. The van der Waals surface area contributed by atoms with E-state index in [-0.39, 0.29) is 18.0 Å². The molecule has 0 radical (unpaired) electrons. The molecule has 148 valence electrons. The highest BCUT2D eigenvalue weighted by molar-refractivity contribution is 6.34. The Bertz CT molecular complexity index is 1100. The Labute approximate surface area is 171 Å². The fourth-order valence-corrected chi connectivity index (χ4v) is 4.52. The minimum Gasteiger partial charge on any atom is -0.324 e. The predicted octanol–water partition coefficient (Wildman–Crippen LogP) is 3.59. The van der Waals surface area contributed by atoms with Crippen molar-refractivity contribution >= 4 is 17.5 Å². The summed E-state index contributed by atoms with van der Waals surface area (Å²) in [7, 11) is 0. The van der Waals surface area contributed by atoms with Crippen LogP contribution in [0.1, 0.15) is 47.1 Å². The Hall–Kier alpha value is -2.87. The van der Waals surface area contributed by atoms with Crippen molar-refractivity contribution in [3.8, 4) is 11.6 Å². The third kappa shape index (κ3) is 2.90. The lowest BCUT2D eigenvalue weighted by molar-refractivity contribution is 0.0289. The second-order valence-corrected chi connectivity index (χ2v) is 7.84. The number of amides is 1. The fraction of sp³-hybridized carbons (Fsp3) is 0.350. The van der Waals surface area contributed by atoms with Crippen LogP contribution in [0.15, 0.2) is 30.6 Å². The van der Waals surface area contributed by atoms with Gasteiger partial charge in [-0.3, -0.25) is 4.79 Å². The van der Waals surface area contributed by atoms with Crippen molar-refractivity contribution < 1.29 is 9.18 Å². The highest BCUT2D eigenvalue weighted by Crippen LogP contribution is 2.41. The molecular weight excluding hydrogens is 395 g/mol. The van der Waals surface area contributed by atoms with Crippen LogP contribution in [0.3, 0.4) is 0 Å². The minimum absolute atomic E-state index is 0.000488. The first kappa shape index (κ1) is 18.2. The number of nitrogens with zero attached hydrogens (tertiary/aromatic N) is 6. The maximum atomic E-state index is 13.4. The zero-order valence-electron chi connectivity index (χ0n) is 15.7. The molecular formula is C20H18ClFN6O. The van der Waals surface area contributed by atoms with Crippen molar-refractivity contribution in [3.05, 3.63) is 58.4 Å². The molecule has 2 aromatic heterocycles. The maximum absolute atomic E-state index is 13.4. The van der Waals surface area contributed by atoms with Crippen molar-refractivity contribution in [3.63, 3.8) is 0 Å². The molecule has 0 N–H and O–H groups in total. The highest BCUT2D eigenvalue weighted by Gasteiger charge is 2.43. The van der Waals surface area contributed by atoms with E-state index in [1.54, 1.807) is 6.07 Å². The number of piperidine rings is 1. The smallest absolute Gasteiger partial charge is 0.256 e. The van der Waals surface area contributed by atoms with Gasteiger partial charge in [0.1, 0.15) is 0 Å². The summed E-state index contributed by atoms with van der Waals surface area (Å²) < 4.78 is 15.2. The molecule has 2 atom stereocenters. The summed E-state index contributed by atoms with van der Waals surface area (Å²) in [5.41, 5.74) is 1.39. The van der Waals surface area contributed by atoms with Gasteiger partial charge in [0.15, 0.2) is 17.5 Å². The number of halogens is 2. The van der Waals surface area contributed by atoms with Gasteiger partial charge < -0.3 is 9.47 Å². The second-order valence-electron chi connectivity index (χ2n) is 7.47. The summed E-state index contributed by atoms with van der Waals surface area (Å²) in [4.78, 5) is 23.4. The quantitative estimate of drug-likeness (QED) is 0.643. The highest BCUT2D eigenvalue weighted by atomic mass is 35.5. The number of rotatable bonds is 2. The summed E-state index contributed by atoms with van der Waals surface area (Å²) in [6.45, 7) is 2.44. The molecule has 2 aliphatic rings. The minimum atomic E-state index is -0.504.